The highest BCUT2D eigenvalue weighted by molar-refractivity contribution is 5.19. The molecule has 1 atom stereocenters. The number of nitrogens with zero attached hydrogens (tertiary/aromatic N) is 1. The maximum absolute atomic E-state index is 12.0. The number of hydrogen-bond donors (Lipinski definition) is 1. The van der Waals surface area contributed by atoms with Crippen LogP contribution in [-0.2, 0) is 0 Å². The zero-order valence-electron chi connectivity index (χ0n) is 8.16. The first-order valence-corrected chi connectivity index (χ1v) is 4.67. The Morgan fingerprint density at radius 2 is 1.93 bits per heavy atom. The van der Waals surface area contributed by atoms with Gasteiger partial charge in [0.2, 0.25) is 0 Å². The molecule has 1 rings (SSSR count). The molecule has 0 heterocycles. The summed E-state index contributed by atoms with van der Waals surface area (Å²) in [6, 6.07) is 10.8. The molecule has 0 saturated heterocycles. The summed E-state index contributed by atoms with van der Waals surface area (Å²) in [6.45, 7) is -0.388. The fraction of sp³-hybridized carbons (Fsp3) is 0.364. The Hall–Kier alpha value is -1.47. The lowest BCUT2D eigenvalue weighted by Gasteiger charge is -2.15. The lowest BCUT2D eigenvalue weighted by atomic mass is 10.0. The van der Waals surface area contributed by atoms with Crippen LogP contribution in [0.15, 0.2) is 30.3 Å². The SMILES string of the molecule is N#CCC(NCC(F)F)c1ccccc1. The third-order valence-electron chi connectivity index (χ3n) is 2.02. The molecule has 1 aromatic carbocycles. The summed E-state index contributed by atoms with van der Waals surface area (Å²) in [5, 5.41) is 11.2. The molecule has 0 saturated carbocycles. The summed E-state index contributed by atoms with van der Waals surface area (Å²) in [6.07, 6.45) is -2.20. The van der Waals surface area contributed by atoms with Crippen LogP contribution < -0.4 is 5.32 Å². The minimum atomic E-state index is -2.39. The van der Waals surface area contributed by atoms with Crippen LogP contribution in [0, 0.1) is 11.3 Å². The number of halogens is 2. The largest absolute Gasteiger partial charge is 0.304 e. The third kappa shape index (κ3) is 4.05. The molecule has 1 unspecified atom stereocenters. The second kappa shape index (κ2) is 6.10. The normalized spacial score (nSPS) is 12.4. The number of alkyl halides is 2. The van der Waals surface area contributed by atoms with Crippen molar-refractivity contribution in [3.63, 3.8) is 0 Å². The summed E-state index contributed by atoms with van der Waals surface area (Å²) in [5.41, 5.74) is 0.861. The first-order valence-electron chi connectivity index (χ1n) is 4.67. The van der Waals surface area contributed by atoms with E-state index in [0.717, 1.165) is 5.56 Å². The Bertz CT molecular complexity index is 319. The fourth-order valence-corrected chi connectivity index (χ4v) is 1.32. The molecule has 0 amide bonds. The topological polar surface area (TPSA) is 35.8 Å². The molecular formula is C11H12F2N2. The fourth-order valence-electron chi connectivity index (χ4n) is 1.32. The molecule has 1 aromatic rings. The average Bonchev–Trinajstić information content (AvgIpc) is 2.25. The van der Waals surface area contributed by atoms with E-state index >= 15 is 0 Å². The number of benzene rings is 1. The minimum Gasteiger partial charge on any atom is -0.304 e. The van der Waals surface area contributed by atoms with Gasteiger partial charge in [0.05, 0.1) is 19.0 Å². The van der Waals surface area contributed by atoms with Gasteiger partial charge in [-0.3, -0.25) is 0 Å². The van der Waals surface area contributed by atoms with Gasteiger partial charge in [0, 0.05) is 6.04 Å². The van der Waals surface area contributed by atoms with E-state index in [9.17, 15) is 8.78 Å². The van der Waals surface area contributed by atoms with Crippen LogP contribution in [0.4, 0.5) is 8.78 Å². The van der Waals surface area contributed by atoms with Crippen molar-refractivity contribution in [3.05, 3.63) is 35.9 Å². The lowest BCUT2D eigenvalue weighted by molar-refractivity contribution is 0.141. The maximum Gasteiger partial charge on any atom is 0.250 e. The van der Waals surface area contributed by atoms with Gasteiger partial charge in [-0.1, -0.05) is 30.3 Å². The Kier molecular flexibility index (Phi) is 4.72. The molecule has 0 radical (unpaired) electrons. The van der Waals surface area contributed by atoms with Crippen molar-refractivity contribution < 1.29 is 8.78 Å². The molecule has 80 valence electrons. The quantitative estimate of drug-likeness (QED) is 0.810. The Morgan fingerprint density at radius 3 is 2.47 bits per heavy atom. The number of hydrogen-bond acceptors (Lipinski definition) is 2. The predicted octanol–water partition coefficient (Wildman–Crippen LogP) is 2.50. The van der Waals surface area contributed by atoms with Crippen LogP contribution in [0.3, 0.4) is 0 Å². The minimum absolute atomic E-state index is 0.191. The van der Waals surface area contributed by atoms with Crippen molar-refractivity contribution >= 4 is 0 Å². The van der Waals surface area contributed by atoms with Crippen LogP contribution >= 0.6 is 0 Å². The molecule has 0 aliphatic rings. The van der Waals surface area contributed by atoms with Gasteiger partial charge < -0.3 is 5.32 Å². The van der Waals surface area contributed by atoms with Crippen molar-refractivity contribution in [2.75, 3.05) is 6.54 Å². The molecule has 0 aliphatic heterocycles. The van der Waals surface area contributed by atoms with Gasteiger partial charge in [0.1, 0.15) is 0 Å². The second-order valence-corrected chi connectivity index (χ2v) is 3.12. The average molecular weight is 210 g/mol. The van der Waals surface area contributed by atoms with Crippen molar-refractivity contribution in [2.24, 2.45) is 0 Å². The molecule has 15 heavy (non-hydrogen) atoms. The zero-order chi connectivity index (χ0) is 11.1. The van der Waals surface area contributed by atoms with Gasteiger partial charge in [0.15, 0.2) is 0 Å². The summed E-state index contributed by atoms with van der Waals surface area (Å²) in [4.78, 5) is 0. The summed E-state index contributed by atoms with van der Waals surface area (Å²) >= 11 is 0. The molecule has 0 bridgehead atoms. The lowest BCUT2D eigenvalue weighted by Crippen LogP contribution is -2.26. The van der Waals surface area contributed by atoms with E-state index in [4.69, 9.17) is 5.26 Å². The highest BCUT2D eigenvalue weighted by Gasteiger charge is 2.12. The van der Waals surface area contributed by atoms with Crippen LogP contribution in [0.1, 0.15) is 18.0 Å². The standard InChI is InChI=1S/C11H12F2N2/c12-11(13)8-15-10(6-7-14)9-4-2-1-3-5-9/h1-5,10-11,15H,6,8H2. The van der Waals surface area contributed by atoms with E-state index in [-0.39, 0.29) is 19.0 Å². The van der Waals surface area contributed by atoms with Crippen LogP contribution in [0.5, 0.6) is 0 Å². The van der Waals surface area contributed by atoms with E-state index in [0.29, 0.717) is 0 Å². The number of nitriles is 1. The van der Waals surface area contributed by atoms with E-state index in [1.807, 2.05) is 36.4 Å². The molecule has 1 N–H and O–H groups in total. The maximum atomic E-state index is 12.0. The molecule has 0 aromatic heterocycles. The van der Waals surface area contributed by atoms with E-state index in [1.165, 1.54) is 0 Å². The van der Waals surface area contributed by atoms with E-state index in [2.05, 4.69) is 5.32 Å². The molecule has 0 fully saturated rings. The Balaban J connectivity index is 2.62. The highest BCUT2D eigenvalue weighted by atomic mass is 19.3. The molecule has 0 aliphatic carbocycles. The van der Waals surface area contributed by atoms with Gasteiger partial charge in [-0.15, -0.1) is 0 Å². The molecular weight excluding hydrogens is 198 g/mol. The molecule has 0 spiro atoms. The summed E-state index contributed by atoms with van der Waals surface area (Å²) < 4.78 is 24.0. The van der Waals surface area contributed by atoms with Gasteiger partial charge >= 0.3 is 0 Å². The zero-order valence-corrected chi connectivity index (χ0v) is 8.16. The highest BCUT2D eigenvalue weighted by Crippen LogP contribution is 2.15. The van der Waals surface area contributed by atoms with Crippen molar-refractivity contribution in [2.45, 2.75) is 18.9 Å². The van der Waals surface area contributed by atoms with Crippen LogP contribution in [-0.4, -0.2) is 13.0 Å². The van der Waals surface area contributed by atoms with Crippen LogP contribution in [0.2, 0.25) is 0 Å². The van der Waals surface area contributed by atoms with E-state index in [1.54, 1.807) is 0 Å². The van der Waals surface area contributed by atoms with Crippen molar-refractivity contribution in [1.29, 1.82) is 5.26 Å². The van der Waals surface area contributed by atoms with Gasteiger partial charge in [-0.25, -0.2) is 8.78 Å². The molecule has 4 heteroatoms. The van der Waals surface area contributed by atoms with Gasteiger partial charge in [0.25, 0.3) is 6.43 Å². The summed E-state index contributed by atoms with van der Waals surface area (Å²) in [7, 11) is 0. The van der Waals surface area contributed by atoms with Crippen molar-refractivity contribution in [1.82, 2.24) is 5.32 Å². The van der Waals surface area contributed by atoms with Crippen molar-refractivity contribution in [3.8, 4) is 6.07 Å². The third-order valence-corrected chi connectivity index (χ3v) is 2.02. The number of rotatable bonds is 5. The second-order valence-electron chi connectivity index (χ2n) is 3.12. The van der Waals surface area contributed by atoms with E-state index < -0.39 is 6.43 Å². The van der Waals surface area contributed by atoms with Crippen LogP contribution in [0.25, 0.3) is 0 Å². The smallest absolute Gasteiger partial charge is 0.250 e. The van der Waals surface area contributed by atoms with Gasteiger partial charge in [-0.05, 0) is 5.56 Å². The predicted molar refractivity (Wildman–Crippen MR) is 53.4 cm³/mol. The Morgan fingerprint density at radius 1 is 1.27 bits per heavy atom. The Labute approximate surface area is 87.5 Å². The first kappa shape index (κ1) is 11.6. The van der Waals surface area contributed by atoms with Gasteiger partial charge in [-0.2, -0.15) is 5.26 Å². The summed E-state index contributed by atoms with van der Waals surface area (Å²) in [5.74, 6) is 0. The number of nitrogens with one attached hydrogen (secondary N) is 1. The monoisotopic (exact) mass is 210 g/mol. The molecule has 2 nitrogen and oxygen atoms in total. The first-order chi connectivity index (χ1) is 7.24.